The second-order valence-corrected chi connectivity index (χ2v) is 2.29. The molecule has 1 nitrogen and oxygen atoms in total. The summed E-state index contributed by atoms with van der Waals surface area (Å²) >= 11 is 0. The van der Waals surface area contributed by atoms with E-state index in [1.54, 1.807) is 0 Å². The number of aliphatic imine (C=N–C) groups is 1. The number of hydrogen-bond acceptors (Lipinski definition) is 1. The summed E-state index contributed by atoms with van der Waals surface area (Å²) in [6, 6.07) is 0. The molecule has 0 aliphatic carbocycles. The number of nitrogens with zero attached hydrogens (tertiary/aromatic N) is 1. The lowest BCUT2D eigenvalue weighted by molar-refractivity contribution is 1.31. The first-order valence-electron chi connectivity index (χ1n) is 3.16. The van der Waals surface area contributed by atoms with Crippen LogP contribution in [0.3, 0.4) is 0 Å². The summed E-state index contributed by atoms with van der Waals surface area (Å²) in [7, 11) is 0.994. The molecule has 0 saturated carbocycles. The second-order valence-electron chi connectivity index (χ2n) is 2.29. The minimum absolute atomic E-state index is 0.994. The molecule has 0 spiro atoms. The maximum absolute atomic E-state index is 4.29. The molecule has 0 atom stereocenters. The maximum Gasteiger partial charge on any atom is 0.201 e. The highest BCUT2D eigenvalue weighted by atomic mass is 14.7. The zero-order valence-electron chi connectivity index (χ0n) is 5.89. The molecule has 9 heavy (non-hydrogen) atoms. The van der Waals surface area contributed by atoms with Crippen molar-refractivity contribution in [2.75, 3.05) is 0 Å². The molecule has 0 radical (unpaired) electrons. The van der Waals surface area contributed by atoms with Crippen molar-refractivity contribution in [3.8, 4) is 0 Å². The molecule has 0 saturated heterocycles. The van der Waals surface area contributed by atoms with Crippen LogP contribution >= 0.6 is 0 Å². The Morgan fingerprint density at radius 2 is 2.22 bits per heavy atom. The first-order chi connectivity index (χ1) is 4.29. The van der Waals surface area contributed by atoms with Crippen molar-refractivity contribution >= 4 is 12.9 Å². The molecule has 1 heterocycles. The lowest BCUT2D eigenvalue weighted by Crippen LogP contribution is -1.99. The van der Waals surface area contributed by atoms with Crippen molar-refractivity contribution in [2.24, 2.45) is 4.99 Å². The molecule has 0 N–H and O–H groups in total. The monoisotopic (exact) mass is 119 g/mol. The Bertz CT molecular complexity index is 189. The summed E-state index contributed by atoms with van der Waals surface area (Å²) in [5.74, 6) is 2.12. The van der Waals surface area contributed by atoms with Gasteiger partial charge in [-0.1, -0.05) is 6.08 Å². The summed E-state index contributed by atoms with van der Waals surface area (Å²) in [5, 5.41) is 0. The number of allylic oxidation sites excluding steroid dienone is 3. The second kappa shape index (κ2) is 2.67. The quantitative estimate of drug-likeness (QED) is 0.426. The van der Waals surface area contributed by atoms with E-state index in [9.17, 15) is 0 Å². The summed E-state index contributed by atoms with van der Waals surface area (Å²) in [5.41, 5.74) is 2.29. The van der Waals surface area contributed by atoms with Crippen LogP contribution in [0.1, 0.15) is 13.8 Å². The number of rotatable bonds is 0. The van der Waals surface area contributed by atoms with Crippen LogP contribution < -0.4 is 0 Å². The van der Waals surface area contributed by atoms with Crippen LogP contribution in [-0.4, -0.2) is 12.9 Å². The fraction of sp³-hybridized carbons (Fsp3) is 0.286. The van der Waals surface area contributed by atoms with Gasteiger partial charge in [0.05, 0.1) is 0 Å². The summed E-state index contributed by atoms with van der Waals surface area (Å²) in [4.78, 5) is 4.29. The van der Waals surface area contributed by atoms with Gasteiger partial charge in [-0.3, -0.25) is 4.99 Å². The van der Waals surface area contributed by atoms with Gasteiger partial charge in [0.1, 0.15) is 0 Å². The Balaban J connectivity index is 2.82. The van der Waals surface area contributed by atoms with Gasteiger partial charge in [0.15, 0.2) is 0 Å². The van der Waals surface area contributed by atoms with Gasteiger partial charge in [0.25, 0.3) is 0 Å². The van der Waals surface area contributed by atoms with E-state index in [0.29, 0.717) is 0 Å². The molecule has 1 aliphatic rings. The largest absolute Gasteiger partial charge is 0.273 e. The van der Waals surface area contributed by atoms with Crippen molar-refractivity contribution in [3.05, 3.63) is 23.8 Å². The van der Waals surface area contributed by atoms with Crippen molar-refractivity contribution in [1.82, 2.24) is 0 Å². The maximum atomic E-state index is 4.29. The Kier molecular flexibility index (Phi) is 1.88. The Labute approximate surface area is 56.4 Å². The first kappa shape index (κ1) is 6.34. The zero-order valence-corrected chi connectivity index (χ0v) is 5.89. The van der Waals surface area contributed by atoms with E-state index in [1.165, 1.54) is 5.61 Å². The van der Waals surface area contributed by atoms with E-state index >= 15 is 0 Å². The fourth-order valence-electron chi connectivity index (χ4n) is 0.830. The van der Waals surface area contributed by atoms with Gasteiger partial charge in [-0.25, -0.2) is 0 Å². The molecule has 46 valence electrons. The standard InChI is InChI=1S/C7H10BN/c1-6-4-3-5-8-7(2)9-6/h3-5,8H,1-2H3. The van der Waals surface area contributed by atoms with Gasteiger partial charge in [0.2, 0.25) is 7.28 Å². The van der Waals surface area contributed by atoms with Gasteiger partial charge < -0.3 is 0 Å². The van der Waals surface area contributed by atoms with Crippen LogP contribution in [0.15, 0.2) is 28.8 Å². The van der Waals surface area contributed by atoms with E-state index in [4.69, 9.17) is 0 Å². The third-order valence-corrected chi connectivity index (χ3v) is 1.25. The van der Waals surface area contributed by atoms with Crippen LogP contribution in [-0.2, 0) is 0 Å². The molecular formula is C7H10BN. The molecule has 1 rings (SSSR count). The predicted octanol–water partition coefficient (Wildman–Crippen LogP) is 1.27. The summed E-state index contributed by atoms with van der Waals surface area (Å²) in [6.45, 7) is 4.06. The third kappa shape index (κ3) is 1.88. The van der Waals surface area contributed by atoms with Crippen LogP contribution in [0.25, 0.3) is 0 Å². The molecule has 2 heteroatoms. The Morgan fingerprint density at radius 3 is 3.00 bits per heavy atom. The van der Waals surface area contributed by atoms with Crippen molar-refractivity contribution in [2.45, 2.75) is 13.8 Å². The third-order valence-electron chi connectivity index (χ3n) is 1.25. The van der Waals surface area contributed by atoms with Crippen LogP contribution in [0.2, 0.25) is 0 Å². The molecule has 0 bridgehead atoms. The minimum Gasteiger partial charge on any atom is -0.273 e. The van der Waals surface area contributed by atoms with Crippen LogP contribution in [0, 0.1) is 0 Å². The summed E-state index contributed by atoms with van der Waals surface area (Å²) < 4.78 is 0. The lowest BCUT2D eigenvalue weighted by atomic mass is 9.73. The average molecular weight is 119 g/mol. The van der Waals surface area contributed by atoms with E-state index in [0.717, 1.165) is 13.0 Å². The van der Waals surface area contributed by atoms with Gasteiger partial charge in [0, 0.05) is 5.70 Å². The normalized spacial score (nSPS) is 17.6. The minimum atomic E-state index is 0.994. The first-order valence-corrected chi connectivity index (χ1v) is 3.16. The van der Waals surface area contributed by atoms with Gasteiger partial charge in [-0.15, -0.1) is 5.98 Å². The van der Waals surface area contributed by atoms with E-state index in [2.05, 4.69) is 17.0 Å². The van der Waals surface area contributed by atoms with E-state index in [1.807, 2.05) is 19.9 Å². The van der Waals surface area contributed by atoms with Crippen LogP contribution in [0.5, 0.6) is 0 Å². The molecule has 0 aromatic carbocycles. The van der Waals surface area contributed by atoms with Gasteiger partial charge in [-0.2, -0.15) is 0 Å². The molecule has 0 unspecified atom stereocenters. The fourth-order valence-corrected chi connectivity index (χ4v) is 0.830. The lowest BCUT2D eigenvalue weighted by Gasteiger charge is -1.89. The molecule has 0 aromatic heterocycles. The zero-order chi connectivity index (χ0) is 6.69. The Morgan fingerprint density at radius 1 is 1.44 bits per heavy atom. The molecule has 0 fully saturated rings. The van der Waals surface area contributed by atoms with E-state index in [-0.39, 0.29) is 0 Å². The molecule has 0 amide bonds. The van der Waals surface area contributed by atoms with Crippen molar-refractivity contribution in [3.63, 3.8) is 0 Å². The molecule has 0 aromatic rings. The highest BCUT2D eigenvalue weighted by Gasteiger charge is 1.92. The predicted molar refractivity (Wildman–Crippen MR) is 43.2 cm³/mol. The van der Waals surface area contributed by atoms with E-state index < -0.39 is 0 Å². The molecule has 1 aliphatic heterocycles. The summed E-state index contributed by atoms with van der Waals surface area (Å²) in [6.07, 6.45) is 4.08. The van der Waals surface area contributed by atoms with Crippen molar-refractivity contribution < 1.29 is 0 Å². The highest BCUT2D eigenvalue weighted by molar-refractivity contribution is 6.78. The Hall–Kier alpha value is -0.785. The van der Waals surface area contributed by atoms with Gasteiger partial charge >= 0.3 is 0 Å². The SMILES string of the molecule is CC1=CC=CBC(C)=N1. The average Bonchev–Trinajstić information content (AvgIpc) is 1.93. The van der Waals surface area contributed by atoms with Crippen molar-refractivity contribution in [1.29, 1.82) is 0 Å². The number of hydrogen-bond donors (Lipinski definition) is 0. The van der Waals surface area contributed by atoms with Gasteiger partial charge in [-0.05, 0) is 25.5 Å². The van der Waals surface area contributed by atoms with Crippen LogP contribution in [0.4, 0.5) is 0 Å². The topological polar surface area (TPSA) is 12.4 Å². The highest BCUT2D eigenvalue weighted by Crippen LogP contribution is 1.98. The molecular weight excluding hydrogens is 109 g/mol. The smallest absolute Gasteiger partial charge is 0.201 e.